The van der Waals surface area contributed by atoms with Crippen molar-refractivity contribution in [1.29, 1.82) is 0 Å². The maximum Gasteiger partial charge on any atom is 0.273 e. The maximum atomic E-state index is 12.5. The second kappa shape index (κ2) is 6.48. The number of fused-ring (bicyclic) bond motifs is 1. The number of nitrogens with one attached hydrogen (secondary N) is 1. The van der Waals surface area contributed by atoms with Gasteiger partial charge >= 0.3 is 0 Å². The molecule has 1 aliphatic rings. The zero-order chi connectivity index (χ0) is 17.3. The average molecular weight is 393 g/mol. The summed E-state index contributed by atoms with van der Waals surface area (Å²) in [6.07, 6.45) is 0. The normalized spacial score (nSPS) is 12.6. The first-order valence-corrected chi connectivity index (χ1v) is 7.91. The number of anilines is 1. The molecule has 0 fully saturated rings. The molecular formula is C16H13BrN2O5. The number of nitro benzene ring substituents is 1. The van der Waals surface area contributed by atoms with E-state index in [-0.39, 0.29) is 11.3 Å². The van der Waals surface area contributed by atoms with Gasteiger partial charge in [0.05, 0.1) is 10.6 Å². The molecule has 0 aliphatic carbocycles. The second-order valence-corrected chi connectivity index (χ2v) is 5.99. The zero-order valence-corrected chi connectivity index (χ0v) is 14.3. The van der Waals surface area contributed by atoms with Crippen molar-refractivity contribution in [3.8, 4) is 11.5 Å². The lowest BCUT2D eigenvalue weighted by molar-refractivity contribution is -0.385. The summed E-state index contributed by atoms with van der Waals surface area (Å²) in [4.78, 5) is 23.0. The Kier molecular flexibility index (Phi) is 4.39. The lowest BCUT2D eigenvalue weighted by Gasteiger charge is -2.20. The van der Waals surface area contributed by atoms with Gasteiger partial charge in [-0.3, -0.25) is 14.9 Å². The van der Waals surface area contributed by atoms with E-state index < -0.39 is 10.8 Å². The van der Waals surface area contributed by atoms with Gasteiger partial charge in [-0.25, -0.2) is 0 Å². The zero-order valence-electron chi connectivity index (χ0n) is 12.7. The van der Waals surface area contributed by atoms with E-state index in [0.29, 0.717) is 40.4 Å². The summed E-state index contributed by atoms with van der Waals surface area (Å²) in [6.45, 7) is 2.45. The molecule has 24 heavy (non-hydrogen) atoms. The number of rotatable bonds is 3. The van der Waals surface area contributed by atoms with Crippen molar-refractivity contribution in [2.24, 2.45) is 0 Å². The van der Waals surface area contributed by atoms with Crippen molar-refractivity contribution in [3.63, 3.8) is 0 Å². The summed E-state index contributed by atoms with van der Waals surface area (Å²) >= 11 is 3.37. The van der Waals surface area contributed by atoms with Crippen molar-refractivity contribution in [3.05, 3.63) is 56.0 Å². The highest BCUT2D eigenvalue weighted by atomic mass is 79.9. The first-order valence-electron chi connectivity index (χ1n) is 7.12. The maximum absolute atomic E-state index is 12.5. The molecule has 0 radical (unpaired) electrons. The van der Waals surface area contributed by atoms with Gasteiger partial charge in [0.25, 0.3) is 11.6 Å². The van der Waals surface area contributed by atoms with E-state index in [9.17, 15) is 14.9 Å². The molecule has 0 bridgehead atoms. The molecule has 124 valence electrons. The molecule has 1 amide bonds. The van der Waals surface area contributed by atoms with Crippen LogP contribution in [0.5, 0.6) is 11.5 Å². The Hall–Kier alpha value is -2.61. The number of benzene rings is 2. The van der Waals surface area contributed by atoms with Gasteiger partial charge in [-0.15, -0.1) is 0 Å². The van der Waals surface area contributed by atoms with E-state index in [2.05, 4.69) is 21.2 Å². The van der Waals surface area contributed by atoms with Crippen molar-refractivity contribution in [1.82, 2.24) is 0 Å². The van der Waals surface area contributed by atoms with Crippen LogP contribution in [0, 0.1) is 17.0 Å². The lowest BCUT2D eigenvalue weighted by atomic mass is 10.1. The lowest BCUT2D eigenvalue weighted by Crippen LogP contribution is -2.17. The molecule has 0 aromatic heterocycles. The molecule has 8 heteroatoms. The van der Waals surface area contributed by atoms with Crippen LogP contribution in [0.15, 0.2) is 34.8 Å². The Labute approximate surface area is 145 Å². The van der Waals surface area contributed by atoms with Gasteiger partial charge in [-0.1, -0.05) is 6.07 Å². The van der Waals surface area contributed by atoms with Gasteiger partial charge in [0.2, 0.25) is 0 Å². The topological polar surface area (TPSA) is 90.7 Å². The molecule has 2 aromatic carbocycles. The molecule has 0 saturated carbocycles. The highest BCUT2D eigenvalue weighted by Crippen LogP contribution is 2.38. The number of nitro groups is 1. The van der Waals surface area contributed by atoms with Gasteiger partial charge < -0.3 is 14.8 Å². The Morgan fingerprint density at radius 2 is 1.92 bits per heavy atom. The molecule has 3 rings (SSSR count). The quantitative estimate of drug-likeness (QED) is 0.635. The number of halogens is 1. The minimum Gasteiger partial charge on any atom is -0.486 e. The number of ether oxygens (including phenoxy) is 2. The van der Waals surface area contributed by atoms with E-state index in [1.165, 1.54) is 12.1 Å². The summed E-state index contributed by atoms with van der Waals surface area (Å²) in [5.74, 6) is 0.696. The molecular weight excluding hydrogens is 380 g/mol. The van der Waals surface area contributed by atoms with Crippen LogP contribution in [0.3, 0.4) is 0 Å². The molecule has 1 aliphatic heterocycles. The average Bonchev–Trinajstić information content (AvgIpc) is 2.55. The van der Waals surface area contributed by atoms with E-state index in [1.807, 2.05) is 0 Å². The summed E-state index contributed by atoms with van der Waals surface area (Å²) in [5, 5.41) is 13.7. The van der Waals surface area contributed by atoms with Crippen LogP contribution in [0.2, 0.25) is 0 Å². The van der Waals surface area contributed by atoms with Gasteiger partial charge in [0.15, 0.2) is 11.5 Å². The molecule has 1 N–H and O–H groups in total. The van der Waals surface area contributed by atoms with E-state index in [4.69, 9.17) is 9.47 Å². The third-order valence-corrected chi connectivity index (χ3v) is 4.28. The number of hydrogen-bond acceptors (Lipinski definition) is 5. The molecule has 0 saturated heterocycles. The van der Waals surface area contributed by atoms with Gasteiger partial charge in [0.1, 0.15) is 13.2 Å². The smallest absolute Gasteiger partial charge is 0.273 e. The Morgan fingerprint density at radius 1 is 1.25 bits per heavy atom. The monoisotopic (exact) mass is 392 g/mol. The number of amides is 1. The minimum atomic E-state index is -0.508. The van der Waals surface area contributed by atoms with Gasteiger partial charge in [0, 0.05) is 33.8 Å². The largest absolute Gasteiger partial charge is 0.486 e. The SMILES string of the molecule is Cc1c(C(=O)Nc2cc3c(cc2Br)OCCO3)cccc1[N+](=O)[O-]. The Morgan fingerprint density at radius 3 is 2.58 bits per heavy atom. The number of hydrogen-bond donors (Lipinski definition) is 1. The number of carbonyl (C=O) groups is 1. The first-order chi connectivity index (χ1) is 11.5. The Balaban J connectivity index is 1.91. The minimum absolute atomic E-state index is 0.0936. The van der Waals surface area contributed by atoms with Crippen molar-refractivity contribution >= 4 is 33.2 Å². The standard InChI is InChI=1S/C16H13BrN2O5/c1-9-10(3-2-4-13(9)19(21)22)16(20)18-12-8-15-14(7-11(12)17)23-5-6-24-15/h2-4,7-8H,5-6H2,1H3,(H,18,20). The van der Waals surface area contributed by atoms with Crippen LogP contribution in [0.1, 0.15) is 15.9 Å². The van der Waals surface area contributed by atoms with Crippen LogP contribution in [0.4, 0.5) is 11.4 Å². The summed E-state index contributed by atoms with van der Waals surface area (Å²) in [6, 6.07) is 7.77. The predicted octanol–water partition coefficient (Wildman–Crippen LogP) is 3.69. The van der Waals surface area contributed by atoms with Crippen LogP contribution >= 0.6 is 15.9 Å². The van der Waals surface area contributed by atoms with Crippen molar-refractivity contribution in [2.75, 3.05) is 18.5 Å². The second-order valence-electron chi connectivity index (χ2n) is 5.14. The third-order valence-electron chi connectivity index (χ3n) is 3.63. The van der Waals surface area contributed by atoms with Gasteiger partial charge in [-0.05, 0) is 28.9 Å². The summed E-state index contributed by atoms with van der Waals surface area (Å²) in [5.41, 5.74) is 0.957. The molecule has 0 spiro atoms. The van der Waals surface area contributed by atoms with Crippen LogP contribution in [0.25, 0.3) is 0 Å². The number of nitrogens with zero attached hydrogens (tertiary/aromatic N) is 1. The fourth-order valence-electron chi connectivity index (χ4n) is 2.42. The van der Waals surface area contributed by atoms with Crippen LogP contribution in [-0.4, -0.2) is 24.0 Å². The summed E-state index contributed by atoms with van der Waals surface area (Å²) in [7, 11) is 0. The van der Waals surface area contributed by atoms with E-state index in [0.717, 1.165) is 0 Å². The summed E-state index contributed by atoms with van der Waals surface area (Å²) < 4.78 is 11.6. The fraction of sp³-hybridized carbons (Fsp3) is 0.188. The fourth-order valence-corrected chi connectivity index (χ4v) is 2.84. The van der Waals surface area contributed by atoms with Gasteiger partial charge in [-0.2, -0.15) is 0 Å². The molecule has 2 aromatic rings. The van der Waals surface area contributed by atoms with Crippen LogP contribution < -0.4 is 14.8 Å². The van der Waals surface area contributed by atoms with E-state index in [1.54, 1.807) is 25.1 Å². The highest BCUT2D eigenvalue weighted by Gasteiger charge is 2.20. The molecule has 0 atom stereocenters. The molecule has 0 unspecified atom stereocenters. The first kappa shape index (κ1) is 16.3. The van der Waals surface area contributed by atoms with Crippen LogP contribution in [-0.2, 0) is 0 Å². The highest BCUT2D eigenvalue weighted by molar-refractivity contribution is 9.10. The van der Waals surface area contributed by atoms with Crippen molar-refractivity contribution in [2.45, 2.75) is 6.92 Å². The molecule has 7 nitrogen and oxygen atoms in total. The molecule has 1 heterocycles. The Bertz CT molecular complexity index is 837. The predicted molar refractivity (Wildman–Crippen MR) is 90.9 cm³/mol. The van der Waals surface area contributed by atoms with E-state index >= 15 is 0 Å². The van der Waals surface area contributed by atoms with Crippen molar-refractivity contribution < 1.29 is 19.2 Å². The number of carbonyl (C=O) groups excluding carboxylic acids is 1. The third kappa shape index (κ3) is 3.05.